The van der Waals surface area contributed by atoms with Crippen LogP contribution in [0.5, 0.6) is 0 Å². The molecule has 0 fully saturated rings. The van der Waals surface area contributed by atoms with Crippen molar-refractivity contribution in [3.8, 4) is 0 Å². The van der Waals surface area contributed by atoms with Gasteiger partial charge in [0.15, 0.2) is 0 Å². The van der Waals surface area contributed by atoms with Crippen molar-refractivity contribution in [3.05, 3.63) is 29.8 Å². The Bertz CT molecular complexity index is 245. The van der Waals surface area contributed by atoms with Gasteiger partial charge in [0.25, 0.3) is 0 Å². The highest BCUT2D eigenvalue weighted by Crippen LogP contribution is 2.17. The standard InChI is InChI=1S/C7H7ClN2/c1-6-4-2-3-5-7(6)9-10-8/h2-5H,1H3. The molecular weight excluding hydrogens is 148 g/mol. The van der Waals surface area contributed by atoms with Crippen LogP contribution in [0.4, 0.5) is 5.69 Å². The van der Waals surface area contributed by atoms with Crippen molar-refractivity contribution in [2.24, 2.45) is 9.75 Å². The smallest absolute Gasteiger partial charge is 0.0897 e. The van der Waals surface area contributed by atoms with E-state index in [1.807, 2.05) is 31.2 Å². The molecule has 0 radical (unpaired) electrons. The average Bonchev–Trinajstić information content (AvgIpc) is 1.94. The van der Waals surface area contributed by atoms with Crippen LogP contribution >= 0.6 is 11.8 Å². The topological polar surface area (TPSA) is 24.7 Å². The summed E-state index contributed by atoms with van der Waals surface area (Å²) in [6.45, 7) is 1.96. The largest absolute Gasteiger partial charge is 0.138 e. The first kappa shape index (κ1) is 7.22. The van der Waals surface area contributed by atoms with Crippen LogP contribution in [-0.4, -0.2) is 0 Å². The van der Waals surface area contributed by atoms with E-state index in [2.05, 4.69) is 9.75 Å². The summed E-state index contributed by atoms with van der Waals surface area (Å²) in [7, 11) is 0. The summed E-state index contributed by atoms with van der Waals surface area (Å²) in [5.74, 6) is 0. The van der Waals surface area contributed by atoms with Crippen LogP contribution in [0.1, 0.15) is 5.56 Å². The predicted molar refractivity (Wildman–Crippen MR) is 41.5 cm³/mol. The Morgan fingerprint density at radius 1 is 1.30 bits per heavy atom. The van der Waals surface area contributed by atoms with E-state index >= 15 is 0 Å². The summed E-state index contributed by atoms with van der Waals surface area (Å²) in [4.78, 5) is 0. The third-order valence-corrected chi connectivity index (χ3v) is 1.34. The van der Waals surface area contributed by atoms with Crippen molar-refractivity contribution in [2.75, 3.05) is 0 Å². The van der Waals surface area contributed by atoms with Gasteiger partial charge in [-0.2, -0.15) is 0 Å². The maximum absolute atomic E-state index is 5.07. The summed E-state index contributed by atoms with van der Waals surface area (Å²) in [6.07, 6.45) is 0. The zero-order valence-corrected chi connectivity index (χ0v) is 6.34. The predicted octanol–water partition coefficient (Wildman–Crippen LogP) is 3.23. The van der Waals surface area contributed by atoms with Gasteiger partial charge in [-0.15, -0.1) is 5.11 Å². The molecule has 0 unspecified atom stereocenters. The molecule has 3 heteroatoms. The maximum Gasteiger partial charge on any atom is 0.0897 e. The molecule has 10 heavy (non-hydrogen) atoms. The molecule has 0 aromatic heterocycles. The Morgan fingerprint density at radius 3 is 2.60 bits per heavy atom. The normalized spacial score (nSPS) is 10.6. The Kier molecular flexibility index (Phi) is 2.40. The summed E-state index contributed by atoms with van der Waals surface area (Å²) in [5, 5.41) is 3.70. The molecule has 0 bridgehead atoms. The van der Waals surface area contributed by atoms with Crippen molar-refractivity contribution in [2.45, 2.75) is 6.92 Å². The number of nitrogens with zero attached hydrogens (tertiary/aromatic N) is 2. The maximum atomic E-state index is 5.07. The van der Waals surface area contributed by atoms with E-state index in [0.29, 0.717) is 0 Å². The number of aryl methyl sites for hydroxylation is 1. The third kappa shape index (κ3) is 1.54. The molecule has 0 aliphatic heterocycles. The zero-order valence-electron chi connectivity index (χ0n) is 5.58. The first-order chi connectivity index (χ1) is 4.84. The summed E-state index contributed by atoms with van der Waals surface area (Å²) < 4.78 is 3.16. The highest BCUT2D eigenvalue weighted by Gasteiger charge is 1.90. The monoisotopic (exact) mass is 154 g/mol. The molecular formula is C7H7ClN2. The van der Waals surface area contributed by atoms with Crippen LogP contribution in [-0.2, 0) is 0 Å². The molecule has 0 aliphatic carbocycles. The zero-order chi connectivity index (χ0) is 7.40. The van der Waals surface area contributed by atoms with E-state index in [0.717, 1.165) is 11.3 Å². The molecule has 0 aliphatic rings. The number of hydrogen-bond acceptors (Lipinski definition) is 2. The summed E-state index contributed by atoms with van der Waals surface area (Å²) in [6, 6.07) is 7.67. The Labute approximate surface area is 64.7 Å². The van der Waals surface area contributed by atoms with E-state index in [1.54, 1.807) is 0 Å². The number of benzene rings is 1. The van der Waals surface area contributed by atoms with Gasteiger partial charge in [-0.25, -0.2) is 0 Å². The van der Waals surface area contributed by atoms with Crippen molar-refractivity contribution in [1.82, 2.24) is 0 Å². The highest BCUT2D eigenvalue weighted by molar-refractivity contribution is 6.14. The minimum atomic E-state index is 0.817. The minimum Gasteiger partial charge on any atom is -0.138 e. The van der Waals surface area contributed by atoms with Crippen LogP contribution in [0.25, 0.3) is 0 Å². The first-order valence-corrected chi connectivity index (χ1v) is 3.26. The lowest BCUT2D eigenvalue weighted by molar-refractivity contribution is 1.28. The second-order valence-corrected chi connectivity index (χ2v) is 2.11. The molecule has 2 nitrogen and oxygen atoms in total. The van der Waals surface area contributed by atoms with Gasteiger partial charge in [0.05, 0.1) is 17.5 Å². The lowest BCUT2D eigenvalue weighted by Gasteiger charge is -1.93. The quantitative estimate of drug-likeness (QED) is 0.555. The van der Waals surface area contributed by atoms with Gasteiger partial charge in [-0.05, 0) is 18.6 Å². The van der Waals surface area contributed by atoms with Crippen LogP contribution in [0.3, 0.4) is 0 Å². The second-order valence-electron chi connectivity index (χ2n) is 1.96. The van der Waals surface area contributed by atoms with Gasteiger partial charge in [-0.1, -0.05) is 22.8 Å². The Balaban J connectivity index is 3.03. The van der Waals surface area contributed by atoms with Gasteiger partial charge in [0, 0.05) is 0 Å². The van der Waals surface area contributed by atoms with Gasteiger partial charge in [0.1, 0.15) is 0 Å². The van der Waals surface area contributed by atoms with E-state index < -0.39 is 0 Å². The number of rotatable bonds is 1. The molecule has 0 heterocycles. The SMILES string of the molecule is Cc1ccccc1N=NCl. The lowest BCUT2D eigenvalue weighted by Crippen LogP contribution is -1.69. The van der Waals surface area contributed by atoms with E-state index in [4.69, 9.17) is 11.8 Å². The second kappa shape index (κ2) is 3.32. The molecule has 0 amide bonds. The molecule has 0 saturated carbocycles. The summed E-state index contributed by atoms with van der Waals surface area (Å²) in [5.41, 5.74) is 1.89. The van der Waals surface area contributed by atoms with Crippen molar-refractivity contribution in [1.29, 1.82) is 0 Å². The van der Waals surface area contributed by atoms with Crippen molar-refractivity contribution < 1.29 is 0 Å². The van der Waals surface area contributed by atoms with Gasteiger partial charge < -0.3 is 0 Å². The van der Waals surface area contributed by atoms with Crippen LogP contribution in [0.15, 0.2) is 34.0 Å². The number of halogens is 1. The molecule has 0 saturated heterocycles. The Morgan fingerprint density at radius 2 is 2.00 bits per heavy atom. The fourth-order valence-corrected chi connectivity index (χ4v) is 0.798. The van der Waals surface area contributed by atoms with Gasteiger partial charge in [0.2, 0.25) is 0 Å². The summed E-state index contributed by atoms with van der Waals surface area (Å²) >= 11 is 5.07. The van der Waals surface area contributed by atoms with Crippen molar-refractivity contribution >= 4 is 17.5 Å². The van der Waals surface area contributed by atoms with Gasteiger partial charge in [-0.3, -0.25) is 0 Å². The first-order valence-electron chi connectivity index (χ1n) is 2.92. The highest BCUT2D eigenvalue weighted by atomic mass is 35.5. The average molecular weight is 155 g/mol. The molecule has 0 N–H and O–H groups in total. The molecule has 1 aromatic rings. The van der Waals surface area contributed by atoms with Crippen LogP contribution < -0.4 is 0 Å². The molecule has 1 rings (SSSR count). The lowest BCUT2D eigenvalue weighted by atomic mass is 10.2. The fraction of sp³-hybridized carbons (Fsp3) is 0.143. The third-order valence-electron chi connectivity index (χ3n) is 1.26. The van der Waals surface area contributed by atoms with E-state index in [1.165, 1.54) is 0 Å². The van der Waals surface area contributed by atoms with Crippen LogP contribution in [0.2, 0.25) is 0 Å². The van der Waals surface area contributed by atoms with Crippen LogP contribution in [0, 0.1) is 6.92 Å². The fourth-order valence-electron chi connectivity index (χ4n) is 0.716. The minimum absolute atomic E-state index is 0.817. The molecule has 0 atom stereocenters. The number of hydrogen-bond donors (Lipinski definition) is 0. The molecule has 1 aromatic carbocycles. The van der Waals surface area contributed by atoms with Gasteiger partial charge >= 0.3 is 0 Å². The Hall–Kier alpha value is -0.890. The van der Waals surface area contributed by atoms with Crippen molar-refractivity contribution in [3.63, 3.8) is 0 Å². The van der Waals surface area contributed by atoms with E-state index in [-0.39, 0.29) is 0 Å². The van der Waals surface area contributed by atoms with E-state index in [9.17, 15) is 0 Å². The molecule has 52 valence electrons. The molecule has 0 spiro atoms.